The van der Waals surface area contributed by atoms with Crippen molar-refractivity contribution in [2.24, 2.45) is 0 Å². The molecule has 1 heterocycles. The van der Waals surface area contributed by atoms with Crippen molar-refractivity contribution in [2.45, 2.75) is 13.8 Å². The quantitative estimate of drug-likeness (QED) is 0.774. The molecule has 0 amide bonds. The number of hydrogen-bond donors (Lipinski definition) is 1. The summed E-state index contributed by atoms with van der Waals surface area (Å²) in [5, 5.41) is 4.54. The molecule has 4 heteroatoms. The first-order valence-corrected chi connectivity index (χ1v) is 6.73. The van der Waals surface area contributed by atoms with Crippen molar-refractivity contribution in [2.75, 3.05) is 5.73 Å². The standard InChI is InChI=1S/C17H16FN3/c1-11-3-5-13(6-4-11)17-15(19)10-21(20-17)16-8-7-14(18)9-12(16)2/h3-10H,19H2,1-2H3. The highest BCUT2D eigenvalue weighted by atomic mass is 19.1. The third-order valence-corrected chi connectivity index (χ3v) is 3.47. The molecule has 1 aromatic heterocycles. The molecule has 3 aromatic rings. The molecule has 0 aliphatic rings. The van der Waals surface area contributed by atoms with Crippen LogP contribution in [0.15, 0.2) is 48.7 Å². The molecule has 0 radical (unpaired) electrons. The molecule has 0 aliphatic carbocycles. The minimum atomic E-state index is -0.255. The molecule has 2 aromatic carbocycles. The Morgan fingerprint density at radius 3 is 2.43 bits per heavy atom. The van der Waals surface area contributed by atoms with Crippen LogP contribution in [0.1, 0.15) is 11.1 Å². The summed E-state index contributed by atoms with van der Waals surface area (Å²) in [6.45, 7) is 3.88. The summed E-state index contributed by atoms with van der Waals surface area (Å²) in [6, 6.07) is 12.7. The number of anilines is 1. The van der Waals surface area contributed by atoms with Gasteiger partial charge in [0.1, 0.15) is 11.5 Å². The lowest BCUT2D eigenvalue weighted by Gasteiger charge is -2.05. The van der Waals surface area contributed by atoms with E-state index in [9.17, 15) is 4.39 Å². The van der Waals surface area contributed by atoms with Crippen molar-refractivity contribution in [1.82, 2.24) is 9.78 Å². The van der Waals surface area contributed by atoms with Gasteiger partial charge in [-0.1, -0.05) is 29.8 Å². The van der Waals surface area contributed by atoms with Crippen molar-refractivity contribution in [3.8, 4) is 16.9 Å². The first-order chi connectivity index (χ1) is 10.0. The molecule has 3 nitrogen and oxygen atoms in total. The van der Waals surface area contributed by atoms with Crippen LogP contribution in [0.25, 0.3) is 16.9 Å². The van der Waals surface area contributed by atoms with Crippen molar-refractivity contribution >= 4 is 5.69 Å². The number of nitrogens with two attached hydrogens (primary N) is 1. The largest absolute Gasteiger partial charge is 0.396 e. The molecular formula is C17H16FN3. The fourth-order valence-corrected chi connectivity index (χ4v) is 2.32. The molecule has 0 unspecified atom stereocenters. The molecule has 0 spiro atoms. The van der Waals surface area contributed by atoms with Crippen LogP contribution in [-0.2, 0) is 0 Å². The Kier molecular flexibility index (Phi) is 3.22. The third-order valence-electron chi connectivity index (χ3n) is 3.47. The fraction of sp³-hybridized carbons (Fsp3) is 0.118. The second-order valence-corrected chi connectivity index (χ2v) is 5.17. The number of rotatable bonds is 2. The molecule has 0 saturated carbocycles. The Morgan fingerprint density at radius 1 is 1.05 bits per heavy atom. The summed E-state index contributed by atoms with van der Waals surface area (Å²) in [6.07, 6.45) is 1.76. The van der Waals surface area contributed by atoms with E-state index in [-0.39, 0.29) is 5.82 Å². The van der Waals surface area contributed by atoms with Crippen LogP contribution in [-0.4, -0.2) is 9.78 Å². The highest BCUT2D eigenvalue weighted by Crippen LogP contribution is 2.26. The first-order valence-electron chi connectivity index (χ1n) is 6.73. The van der Waals surface area contributed by atoms with E-state index in [0.717, 1.165) is 22.5 Å². The second kappa shape index (κ2) is 5.05. The lowest BCUT2D eigenvalue weighted by Crippen LogP contribution is -1.98. The number of aromatic nitrogens is 2. The van der Waals surface area contributed by atoms with Crippen LogP contribution >= 0.6 is 0 Å². The van der Waals surface area contributed by atoms with Crippen LogP contribution in [0.2, 0.25) is 0 Å². The van der Waals surface area contributed by atoms with Crippen LogP contribution in [0, 0.1) is 19.7 Å². The highest BCUT2D eigenvalue weighted by Gasteiger charge is 2.11. The molecular weight excluding hydrogens is 265 g/mol. The normalized spacial score (nSPS) is 10.8. The minimum Gasteiger partial charge on any atom is -0.396 e. The van der Waals surface area contributed by atoms with E-state index in [4.69, 9.17) is 5.73 Å². The maximum atomic E-state index is 13.2. The minimum absolute atomic E-state index is 0.255. The molecule has 0 bridgehead atoms. The lowest BCUT2D eigenvalue weighted by molar-refractivity contribution is 0.625. The Labute approximate surface area is 122 Å². The predicted octanol–water partition coefficient (Wildman–Crippen LogP) is 3.88. The summed E-state index contributed by atoms with van der Waals surface area (Å²) in [5.74, 6) is -0.255. The SMILES string of the molecule is Cc1ccc(-c2nn(-c3ccc(F)cc3C)cc2N)cc1. The Bertz CT molecular complexity index is 788. The molecule has 0 aliphatic heterocycles. The van der Waals surface area contributed by atoms with E-state index in [1.54, 1.807) is 16.9 Å². The number of nitrogens with zero attached hydrogens (tertiary/aromatic N) is 2. The number of benzene rings is 2. The monoisotopic (exact) mass is 281 g/mol. The number of aryl methyl sites for hydroxylation is 2. The molecule has 0 fully saturated rings. The van der Waals surface area contributed by atoms with E-state index in [0.29, 0.717) is 5.69 Å². The molecule has 106 valence electrons. The van der Waals surface area contributed by atoms with E-state index >= 15 is 0 Å². The molecule has 3 rings (SSSR count). The van der Waals surface area contributed by atoms with Crippen LogP contribution < -0.4 is 5.73 Å². The summed E-state index contributed by atoms with van der Waals surface area (Å²) >= 11 is 0. The zero-order valence-corrected chi connectivity index (χ0v) is 12.0. The predicted molar refractivity (Wildman–Crippen MR) is 82.8 cm³/mol. The maximum Gasteiger partial charge on any atom is 0.123 e. The topological polar surface area (TPSA) is 43.8 Å². The number of halogens is 1. The second-order valence-electron chi connectivity index (χ2n) is 5.17. The van der Waals surface area contributed by atoms with E-state index < -0.39 is 0 Å². The number of hydrogen-bond acceptors (Lipinski definition) is 2. The maximum absolute atomic E-state index is 13.2. The zero-order chi connectivity index (χ0) is 15.0. The highest BCUT2D eigenvalue weighted by molar-refractivity contribution is 5.72. The number of nitrogen functional groups attached to an aromatic ring is 1. The van der Waals surface area contributed by atoms with Gasteiger partial charge in [0.2, 0.25) is 0 Å². The van der Waals surface area contributed by atoms with Gasteiger partial charge < -0.3 is 5.73 Å². The van der Waals surface area contributed by atoms with Crippen molar-refractivity contribution in [3.63, 3.8) is 0 Å². The van der Waals surface area contributed by atoms with Gasteiger partial charge in [-0.3, -0.25) is 0 Å². The van der Waals surface area contributed by atoms with E-state index in [1.807, 2.05) is 38.1 Å². The van der Waals surface area contributed by atoms with Gasteiger partial charge in [-0.15, -0.1) is 0 Å². The molecule has 0 saturated heterocycles. The van der Waals surface area contributed by atoms with Crippen LogP contribution in [0.5, 0.6) is 0 Å². The van der Waals surface area contributed by atoms with Gasteiger partial charge in [-0.05, 0) is 37.6 Å². The summed E-state index contributed by atoms with van der Waals surface area (Å²) < 4.78 is 14.9. The summed E-state index contributed by atoms with van der Waals surface area (Å²) in [5.41, 5.74) is 11.2. The van der Waals surface area contributed by atoms with E-state index in [1.165, 1.54) is 17.7 Å². The average molecular weight is 281 g/mol. The third kappa shape index (κ3) is 2.52. The van der Waals surface area contributed by atoms with Crippen molar-refractivity contribution in [1.29, 1.82) is 0 Å². The van der Waals surface area contributed by atoms with Gasteiger partial charge in [0.15, 0.2) is 0 Å². The van der Waals surface area contributed by atoms with Gasteiger partial charge in [0.05, 0.1) is 17.6 Å². The molecule has 2 N–H and O–H groups in total. The van der Waals surface area contributed by atoms with Crippen LogP contribution in [0.4, 0.5) is 10.1 Å². The summed E-state index contributed by atoms with van der Waals surface area (Å²) in [4.78, 5) is 0. The van der Waals surface area contributed by atoms with Crippen molar-refractivity contribution in [3.05, 3.63) is 65.6 Å². The van der Waals surface area contributed by atoms with Gasteiger partial charge in [-0.25, -0.2) is 9.07 Å². The van der Waals surface area contributed by atoms with Crippen molar-refractivity contribution < 1.29 is 4.39 Å². The summed E-state index contributed by atoms with van der Waals surface area (Å²) in [7, 11) is 0. The van der Waals surface area contributed by atoms with Gasteiger partial charge in [-0.2, -0.15) is 5.10 Å². The van der Waals surface area contributed by atoms with Gasteiger partial charge in [0, 0.05) is 5.56 Å². The first kappa shape index (κ1) is 13.4. The zero-order valence-electron chi connectivity index (χ0n) is 12.0. The van der Waals surface area contributed by atoms with Gasteiger partial charge >= 0.3 is 0 Å². The smallest absolute Gasteiger partial charge is 0.123 e. The average Bonchev–Trinajstić information content (AvgIpc) is 2.81. The molecule has 0 atom stereocenters. The van der Waals surface area contributed by atoms with Gasteiger partial charge in [0.25, 0.3) is 0 Å². The van der Waals surface area contributed by atoms with E-state index in [2.05, 4.69) is 5.10 Å². The Hall–Kier alpha value is -2.62. The Morgan fingerprint density at radius 2 is 1.76 bits per heavy atom. The fourth-order valence-electron chi connectivity index (χ4n) is 2.32. The Balaban J connectivity index is 2.07. The molecule has 21 heavy (non-hydrogen) atoms. The van der Waals surface area contributed by atoms with Crippen LogP contribution in [0.3, 0.4) is 0 Å². The lowest BCUT2D eigenvalue weighted by atomic mass is 10.1.